The number of hydrogen-bond donors (Lipinski definition) is 1. The summed E-state index contributed by atoms with van der Waals surface area (Å²) in [5.41, 5.74) is 3.68. The molecule has 0 aliphatic heterocycles. The highest BCUT2D eigenvalue weighted by atomic mass is 16.5. The predicted molar refractivity (Wildman–Crippen MR) is 132 cm³/mol. The van der Waals surface area contributed by atoms with Gasteiger partial charge in [0, 0.05) is 32.1 Å². The number of nitrogens with zero attached hydrogens (tertiary/aromatic N) is 2. The Kier molecular flexibility index (Phi) is 6.33. The summed E-state index contributed by atoms with van der Waals surface area (Å²) in [6.07, 6.45) is 10.8. The summed E-state index contributed by atoms with van der Waals surface area (Å²) in [6, 6.07) is 6.10. The highest BCUT2D eigenvalue weighted by molar-refractivity contribution is 5.76. The molecule has 1 heterocycles. The largest absolute Gasteiger partial charge is 0.497 e. The van der Waals surface area contributed by atoms with Crippen LogP contribution in [-0.2, 0) is 6.42 Å². The summed E-state index contributed by atoms with van der Waals surface area (Å²) in [4.78, 5) is 11.3. The first-order valence-electron chi connectivity index (χ1n) is 12.9. The summed E-state index contributed by atoms with van der Waals surface area (Å²) >= 11 is 0. The van der Waals surface area contributed by atoms with Gasteiger partial charge in [-0.15, -0.1) is 0 Å². The fourth-order valence-electron chi connectivity index (χ4n) is 5.84. The van der Waals surface area contributed by atoms with E-state index in [0.717, 1.165) is 52.7 Å². The van der Waals surface area contributed by atoms with E-state index in [9.17, 15) is 0 Å². The van der Waals surface area contributed by atoms with E-state index in [4.69, 9.17) is 9.72 Å². The molecule has 1 aromatic carbocycles. The zero-order chi connectivity index (χ0) is 22.2. The Balaban J connectivity index is 1.30. The Morgan fingerprint density at radius 3 is 2.44 bits per heavy atom. The molecule has 32 heavy (non-hydrogen) atoms. The lowest BCUT2D eigenvalue weighted by atomic mass is 9.69. The van der Waals surface area contributed by atoms with Crippen LogP contribution in [0.15, 0.2) is 29.8 Å². The first kappa shape index (κ1) is 22.0. The number of benzene rings is 1. The molecule has 1 N–H and O–H groups in total. The number of aromatic nitrogens is 2. The summed E-state index contributed by atoms with van der Waals surface area (Å²) < 4.78 is 5.38. The molecule has 3 aliphatic carbocycles. The van der Waals surface area contributed by atoms with Gasteiger partial charge in [0.1, 0.15) is 11.6 Å². The third kappa shape index (κ3) is 5.22. The smallest absolute Gasteiger partial charge is 0.121 e. The third-order valence-corrected chi connectivity index (χ3v) is 8.16. The van der Waals surface area contributed by atoms with Crippen molar-refractivity contribution in [3.8, 4) is 5.75 Å². The van der Waals surface area contributed by atoms with Gasteiger partial charge in [0.25, 0.3) is 0 Å². The summed E-state index contributed by atoms with van der Waals surface area (Å²) in [5.74, 6) is 6.72. The van der Waals surface area contributed by atoms with Crippen LogP contribution in [0.5, 0.6) is 5.75 Å². The van der Waals surface area contributed by atoms with Gasteiger partial charge in [-0.1, -0.05) is 25.5 Å². The molecule has 3 unspecified atom stereocenters. The summed E-state index contributed by atoms with van der Waals surface area (Å²) in [6.45, 7) is 11.2. The number of ether oxygens (including phenoxy) is 1. The van der Waals surface area contributed by atoms with Crippen molar-refractivity contribution in [1.29, 1.82) is 0 Å². The molecule has 3 aliphatic rings. The number of nitrogens with one attached hydrogen (secondary N) is 1. The van der Waals surface area contributed by atoms with Gasteiger partial charge in [-0.25, -0.2) is 4.98 Å². The van der Waals surface area contributed by atoms with Crippen LogP contribution in [0.2, 0.25) is 0 Å². The van der Waals surface area contributed by atoms with Gasteiger partial charge >= 0.3 is 0 Å². The van der Waals surface area contributed by atoms with Crippen molar-refractivity contribution in [3.05, 3.63) is 35.7 Å². The lowest BCUT2D eigenvalue weighted by molar-refractivity contribution is 0.153. The van der Waals surface area contributed by atoms with Crippen molar-refractivity contribution >= 4 is 11.0 Å². The second kappa shape index (κ2) is 9.21. The second-order valence-electron chi connectivity index (χ2n) is 11.3. The van der Waals surface area contributed by atoms with Crippen molar-refractivity contribution in [1.82, 2.24) is 14.9 Å². The van der Waals surface area contributed by atoms with E-state index in [1.165, 1.54) is 51.7 Å². The number of imidazole rings is 1. The minimum atomic E-state index is 0.585. The standard InChI is InChI=1S/C28H41N3O/c1-18(2)25-12-22(13-28-29-26-10-9-24(32-4)14-27(26)30-28)19(3)11-23(25)17-31(15-20-5-6-20)16-21-7-8-21/h9-11,14,18,20-23,25H,5-8,12-13,15-17H2,1-4H3,(H,29,30). The van der Waals surface area contributed by atoms with E-state index < -0.39 is 0 Å². The number of aromatic amines is 1. The minimum absolute atomic E-state index is 0.585. The number of methoxy groups -OCH3 is 1. The number of H-pyrrole nitrogens is 1. The molecule has 0 amide bonds. The van der Waals surface area contributed by atoms with Crippen LogP contribution in [0.3, 0.4) is 0 Å². The maximum atomic E-state index is 5.38. The van der Waals surface area contributed by atoms with Crippen molar-refractivity contribution in [3.63, 3.8) is 0 Å². The lowest BCUT2D eigenvalue weighted by Gasteiger charge is -2.39. The molecule has 3 atom stereocenters. The summed E-state index contributed by atoms with van der Waals surface area (Å²) in [5, 5.41) is 0. The van der Waals surface area contributed by atoms with Gasteiger partial charge in [0.05, 0.1) is 18.1 Å². The molecular weight excluding hydrogens is 394 g/mol. The van der Waals surface area contributed by atoms with Crippen LogP contribution < -0.4 is 4.74 Å². The molecule has 0 radical (unpaired) electrons. The maximum absolute atomic E-state index is 5.38. The molecule has 2 fully saturated rings. The normalized spacial score (nSPS) is 26.2. The first-order valence-corrected chi connectivity index (χ1v) is 12.9. The van der Waals surface area contributed by atoms with Crippen molar-refractivity contribution in [2.75, 3.05) is 26.7 Å². The molecule has 5 rings (SSSR count). The van der Waals surface area contributed by atoms with Crippen LogP contribution in [0.25, 0.3) is 11.0 Å². The highest BCUT2D eigenvalue weighted by Crippen LogP contribution is 2.41. The molecule has 174 valence electrons. The molecule has 0 bridgehead atoms. The van der Waals surface area contributed by atoms with Crippen molar-refractivity contribution in [2.45, 2.75) is 59.3 Å². The molecular formula is C28H41N3O. The fraction of sp³-hybridized carbons (Fsp3) is 0.679. The second-order valence-corrected chi connectivity index (χ2v) is 11.3. The van der Waals surface area contributed by atoms with Crippen molar-refractivity contribution < 1.29 is 4.74 Å². The Bertz CT molecular complexity index is 939. The van der Waals surface area contributed by atoms with Crippen LogP contribution in [0.4, 0.5) is 0 Å². The van der Waals surface area contributed by atoms with Crippen molar-refractivity contribution in [2.24, 2.45) is 35.5 Å². The predicted octanol–water partition coefficient (Wildman–Crippen LogP) is 6.09. The first-order chi connectivity index (χ1) is 15.5. The molecule has 4 nitrogen and oxygen atoms in total. The zero-order valence-electron chi connectivity index (χ0n) is 20.4. The molecule has 4 heteroatoms. The van der Waals surface area contributed by atoms with Crippen LogP contribution >= 0.6 is 0 Å². The molecule has 1 aromatic heterocycles. The van der Waals surface area contributed by atoms with Gasteiger partial charge in [-0.3, -0.25) is 0 Å². The minimum Gasteiger partial charge on any atom is -0.497 e. The fourth-order valence-corrected chi connectivity index (χ4v) is 5.84. The Morgan fingerprint density at radius 2 is 1.81 bits per heavy atom. The Labute approximate surface area is 193 Å². The van der Waals surface area contributed by atoms with Crippen LogP contribution in [0, 0.1) is 35.5 Å². The van der Waals surface area contributed by atoms with Gasteiger partial charge in [-0.05, 0) is 86.7 Å². The van der Waals surface area contributed by atoms with Gasteiger partial charge in [0.15, 0.2) is 0 Å². The SMILES string of the molecule is COc1ccc2nc(CC3CC(C(C)C)C(CN(CC4CC4)CC4CC4)C=C3C)[nH]c2c1. The van der Waals surface area contributed by atoms with E-state index in [1.807, 2.05) is 6.07 Å². The zero-order valence-corrected chi connectivity index (χ0v) is 20.4. The maximum Gasteiger partial charge on any atom is 0.121 e. The summed E-state index contributed by atoms with van der Waals surface area (Å²) in [7, 11) is 1.72. The van der Waals surface area contributed by atoms with Crippen LogP contribution in [-0.4, -0.2) is 41.6 Å². The molecule has 0 spiro atoms. The molecule has 2 aromatic rings. The van der Waals surface area contributed by atoms with E-state index in [1.54, 1.807) is 12.7 Å². The van der Waals surface area contributed by atoms with E-state index in [2.05, 4.69) is 48.9 Å². The number of rotatable bonds is 10. The molecule has 0 saturated heterocycles. The lowest BCUT2D eigenvalue weighted by Crippen LogP contribution is -2.39. The van der Waals surface area contributed by atoms with E-state index in [-0.39, 0.29) is 0 Å². The highest BCUT2D eigenvalue weighted by Gasteiger charge is 2.35. The Hall–Kier alpha value is -1.81. The number of allylic oxidation sites excluding steroid dienone is 1. The van der Waals surface area contributed by atoms with Crippen LogP contribution in [0.1, 0.15) is 58.7 Å². The van der Waals surface area contributed by atoms with Gasteiger partial charge < -0.3 is 14.6 Å². The topological polar surface area (TPSA) is 41.1 Å². The van der Waals surface area contributed by atoms with E-state index >= 15 is 0 Å². The quantitative estimate of drug-likeness (QED) is 0.459. The Morgan fingerprint density at radius 1 is 1.09 bits per heavy atom. The monoisotopic (exact) mass is 435 g/mol. The average molecular weight is 436 g/mol. The van der Waals surface area contributed by atoms with Gasteiger partial charge in [0.2, 0.25) is 0 Å². The molecule has 2 saturated carbocycles. The number of hydrogen-bond acceptors (Lipinski definition) is 3. The average Bonchev–Trinajstić information content (AvgIpc) is 3.69. The van der Waals surface area contributed by atoms with Gasteiger partial charge in [-0.2, -0.15) is 0 Å². The third-order valence-electron chi connectivity index (χ3n) is 8.16. The number of fused-ring (bicyclic) bond motifs is 1. The van der Waals surface area contributed by atoms with E-state index in [0.29, 0.717) is 11.8 Å².